The maximum absolute atomic E-state index is 12.1. The van der Waals surface area contributed by atoms with Gasteiger partial charge in [-0.05, 0) is 32.9 Å². The number of imide groups is 1. The van der Waals surface area contributed by atoms with E-state index in [1.165, 1.54) is 9.80 Å². The maximum Gasteiger partial charge on any atom is 0.331 e. The minimum atomic E-state index is -0.228. The lowest BCUT2D eigenvalue weighted by molar-refractivity contribution is -0.125. The molecule has 2 rings (SSSR count). The summed E-state index contributed by atoms with van der Waals surface area (Å²) in [5.74, 6) is -0.134. The van der Waals surface area contributed by atoms with Gasteiger partial charge in [0, 0.05) is 11.7 Å². The molecule has 0 atom stereocenters. The number of rotatable bonds is 2. The van der Waals surface area contributed by atoms with Crippen molar-refractivity contribution >= 4 is 17.6 Å². The van der Waals surface area contributed by atoms with Crippen LogP contribution in [0.5, 0.6) is 0 Å². The number of carbonyl (C=O) groups excluding carboxylic acids is 2. The molecule has 1 aromatic rings. The van der Waals surface area contributed by atoms with Crippen molar-refractivity contribution < 1.29 is 9.59 Å². The van der Waals surface area contributed by atoms with Crippen LogP contribution < -0.4 is 4.90 Å². The molecule has 0 aromatic heterocycles. The van der Waals surface area contributed by atoms with Gasteiger partial charge in [-0.2, -0.15) is 0 Å². The van der Waals surface area contributed by atoms with E-state index in [4.69, 9.17) is 0 Å². The van der Waals surface area contributed by atoms with Gasteiger partial charge in [0.2, 0.25) is 0 Å². The van der Waals surface area contributed by atoms with Gasteiger partial charge < -0.3 is 0 Å². The zero-order valence-electron chi connectivity index (χ0n) is 10.3. The number of carbonyl (C=O) groups is 2. The van der Waals surface area contributed by atoms with Gasteiger partial charge in [0.05, 0.1) is 0 Å². The van der Waals surface area contributed by atoms with Crippen LogP contribution in [0.25, 0.3) is 0 Å². The van der Waals surface area contributed by atoms with Crippen LogP contribution in [-0.4, -0.2) is 29.4 Å². The molecule has 0 aliphatic carbocycles. The molecule has 3 amide bonds. The van der Waals surface area contributed by atoms with Gasteiger partial charge in [-0.15, -0.1) is 0 Å². The molecule has 1 aromatic carbocycles. The van der Waals surface area contributed by atoms with Crippen LogP contribution in [0.4, 0.5) is 10.5 Å². The maximum atomic E-state index is 12.1. The third-order valence-corrected chi connectivity index (χ3v) is 2.86. The normalized spacial score (nSPS) is 16.2. The molecule has 0 unspecified atom stereocenters. The van der Waals surface area contributed by atoms with Gasteiger partial charge in [0.25, 0.3) is 5.91 Å². The Morgan fingerprint density at radius 1 is 1.12 bits per heavy atom. The Labute approximate surface area is 101 Å². The molecule has 4 nitrogen and oxygen atoms in total. The van der Waals surface area contributed by atoms with Crippen molar-refractivity contribution in [3.8, 4) is 0 Å². The Morgan fingerprint density at radius 3 is 2.18 bits per heavy atom. The SMILES string of the molecule is Cc1ccc(N2CC(=O)N(C(C)C)C2=O)cc1. The van der Waals surface area contributed by atoms with E-state index in [-0.39, 0.29) is 24.5 Å². The van der Waals surface area contributed by atoms with Crippen molar-refractivity contribution in [2.45, 2.75) is 26.8 Å². The van der Waals surface area contributed by atoms with Gasteiger partial charge in [-0.1, -0.05) is 17.7 Å². The Hall–Kier alpha value is -1.84. The van der Waals surface area contributed by atoms with Gasteiger partial charge in [0.1, 0.15) is 6.54 Å². The third-order valence-electron chi connectivity index (χ3n) is 2.86. The van der Waals surface area contributed by atoms with Gasteiger partial charge >= 0.3 is 6.03 Å². The Kier molecular flexibility index (Phi) is 2.88. The van der Waals surface area contributed by atoms with Crippen molar-refractivity contribution in [2.75, 3.05) is 11.4 Å². The van der Waals surface area contributed by atoms with Gasteiger partial charge in [-0.3, -0.25) is 14.6 Å². The second-order valence-corrected chi connectivity index (χ2v) is 4.56. The summed E-state index contributed by atoms with van der Waals surface area (Å²) in [6.07, 6.45) is 0. The Balaban J connectivity index is 2.27. The molecular weight excluding hydrogens is 216 g/mol. The molecule has 90 valence electrons. The summed E-state index contributed by atoms with van der Waals surface area (Å²) < 4.78 is 0. The lowest BCUT2D eigenvalue weighted by Gasteiger charge is -2.19. The monoisotopic (exact) mass is 232 g/mol. The summed E-state index contributed by atoms with van der Waals surface area (Å²) in [4.78, 5) is 26.6. The van der Waals surface area contributed by atoms with Crippen molar-refractivity contribution in [2.24, 2.45) is 0 Å². The number of hydrogen-bond acceptors (Lipinski definition) is 2. The second kappa shape index (κ2) is 4.20. The highest BCUT2D eigenvalue weighted by atomic mass is 16.2. The van der Waals surface area contributed by atoms with Crippen LogP contribution in [0, 0.1) is 6.92 Å². The first-order chi connectivity index (χ1) is 8.00. The molecule has 0 saturated carbocycles. The largest absolute Gasteiger partial charge is 0.331 e. The molecule has 1 aliphatic rings. The molecule has 0 bridgehead atoms. The van der Waals surface area contributed by atoms with E-state index in [1.807, 2.05) is 45.0 Å². The van der Waals surface area contributed by atoms with Crippen LogP contribution in [0.1, 0.15) is 19.4 Å². The highest BCUT2D eigenvalue weighted by Crippen LogP contribution is 2.22. The Morgan fingerprint density at radius 2 is 1.71 bits per heavy atom. The van der Waals surface area contributed by atoms with Crippen LogP contribution in [0.15, 0.2) is 24.3 Å². The van der Waals surface area contributed by atoms with Crippen molar-refractivity contribution in [1.82, 2.24) is 4.90 Å². The van der Waals surface area contributed by atoms with Gasteiger partial charge in [0.15, 0.2) is 0 Å². The number of aryl methyl sites for hydroxylation is 1. The van der Waals surface area contributed by atoms with Crippen LogP contribution >= 0.6 is 0 Å². The smallest absolute Gasteiger partial charge is 0.285 e. The number of anilines is 1. The quantitative estimate of drug-likeness (QED) is 0.733. The molecule has 1 heterocycles. The lowest BCUT2D eigenvalue weighted by Crippen LogP contribution is -2.38. The number of hydrogen-bond donors (Lipinski definition) is 0. The standard InChI is InChI=1S/C13H16N2O2/c1-9(2)15-12(16)8-14(13(15)17)11-6-4-10(3)5-7-11/h4-7,9H,8H2,1-3H3. The number of benzene rings is 1. The van der Waals surface area contributed by atoms with E-state index in [2.05, 4.69) is 0 Å². The molecule has 1 aliphatic heterocycles. The summed E-state index contributed by atoms with van der Waals surface area (Å²) in [6, 6.07) is 7.28. The zero-order valence-corrected chi connectivity index (χ0v) is 10.3. The topological polar surface area (TPSA) is 40.6 Å². The van der Waals surface area contributed by atoms with E-state index in [1.54, 1.807) is 0 Å². The fraction of sp³-hybridized carbons (Fsp3) is 0.385. The highest BCUT2D eigenvalue weighted by Gasteiger charge is 2.38. The summed E-state index contributed by atoms with van der Waals surface area (Å²) in [6.45, 7) is 5.81. The highest BCUT2D eigenvalue weighted by molar-refractivity contribution is 6.12. The number of amides is 3. The zero-order chi connectivity index (χ0) is 12.6. The minimum absolute atomic E-state index is 0.0922. The average Bonchev–Trinajstić information content (AvgIpc) is 2.55. The van der Waals surface area contributed by atoms with Crippen LogP contribution in [-0.2, 0) is 4.79 Å². The molecule has 17 heavy (non-hydrogen) atoms. The van der Waals surface area contributed by atoms with E-state index in [0.717, 1.165) is 11.3 Å². The average molecular weight is 232 g/mol. The number of nitrogens with zero attached hydrogens (tertiary/aromatic N) is 2. The van der Waals surface area contributed by atoms with Crippen LogP contribution in [0.3, 0.4) is 0 Å². The first-order valence-electron chi connectivity index (χ1n) is 5.71. The van der Waals surface area contributed by atoms with Crippen LogP contribution in [0.2, 0.25) is 0 Å². The molecule has 0 spiro atoms. The molecule has 1 fully saturated rings. The fourth-order valence-electron chi connectivity index (χ4n) is 1.95. The van der Waals surface area contributed by atoms with E-state index < -0.39 is 0 Å². The first kappa shape index (κ1) is 11.6. The summed E-state index contributed by atoms with van der Waals surface area (Å²) >= 11 is 0. The summed E-state index contributed by atoms with van der Waals surface area (Å²) in [7, 11) is 0. The molecule has 1 saturated heterocycles. The van der Waals surface area contributed by atoms with Crippen molar-refractivity contribution in [3.05, 3.63) is 29.8 Å². The predicted octanol–water partition coefficient (Wildman–Crippen LogP) is 2.17. The first-order valence-corrected chi connectivity index (χ1v) is 5.71. The van der Waals surface area contributed by atoms with E-state index in [0.29, 0.717) is 0 Å². The predicted molar refractivity (Wildman–Crippen MR) is 65.9 cm³/mol. The van der Waals surface area contributed by atoms with E-state index >= 15 is 0 Å². The minimum Gasteiger partial charge on any atom is -0.285 e. The second-order valence-electron chi connectivity index (χ2n) is 4.56. The van der Waals surface area contributed by atoms with E-state index in [9.17, 15) is 9.59 Å². The van der Waals surface area contributed by atoms with Crippen molar-refractivity contribution in [1.29, 1.82) is 0 Å². The lowest BCUT2D eigenvalue weighted by atomic mass is 10.2. The summed E-state index contributed by atoms with van der Waals surface area (Å²) in [5, 5.41) is 0. The molecule has 4 heteroatoms. The van der Waals surface area contributed by atoms with Gasteiger partial charge in [-0.25, -0.2) is 4.79 Å². The third kappa shape index (κ3) is 2.02. The Bertz CT molecular complexity index is 451. The molecule has 0 N–H and O–H groups in total. The summed E-state index contributed by atoms with van der Waals surface area (Å²) in [5.41, 5.74) is 1.91. The molecule has 0 radical (unpaired) electrons. The molecular formula is C13H16N2O2. The van der Waals surface area contributed by atoms with Crippen molar-refractivity contribution in [3.63, 3.8) is 0 Å². The fourth-order valence-corrected chi connectivity index (χ4v) is 1.95. The number of urea groups is 1.